The van der Waals surface area contributed by atoms with Crippen LogP contribution in [0.15, 0.2) is 84.9 Å². The molecule has 0 bridgehead atoms. The van der Waals surface area contributed by atoms with Crippen molar-refractivity contribution in [3.05, 3.63) is 107 Å². The third kappa shape index (κ3) is 4.44. The summed E-state index contributed by atoms with van der Waals surface area (Å²) in [6.45, 7) is 1.78. The van der Waals surface area contributed by atoms with Crippen molar-refractivity contribution in [2.45, 2.75) is 37.1 Å². The maximum atomic E-state index is 11.2. The second-order valence-electron chi connectivity index (χ2n) is 8.47. The number of carboxylic acids is 1. The largest absolute Gasteiger partial charge is 0.478 e. The van der Waals surface area contributed by atoms with Crippen LogP contribution in [0, 0.1) is 11.3 Å². The number of carbonyl (C=O) groups is 1. The van der Waals surface area contributed by atoms with E-state index in [1.54, 1.807) is 12.1 Å². The van der Waals surface area contributed by atoms with Crippen molar-refractivity contribution in [1.82, 2.24) is 4.90 Å². The van der Waals surface area contributed by atoms with Gasteiger partial charge >= 0.3 is 5.97 Å². The van der Waals surface area contributed by atoms with Crippen LogP contribution in [0.5, 0.6) is 0 Å². The van der Waals surface area contributed by atoms with Crippen LogP contribution in [0.4, 0.5) is 0 Å². The summed E-state index contributed by atoms with van der Waals surface area (Å²) in [7, 11) is 0. The molecule has 1 aliphatic rings. The average Bonchev–Trinajstić information content (AvgIpc) is 2.86. The number of likely N-dealkylation sites (tertiary alicyclic amines) is 1. The van der Waals surface area contributed by atoms with Gasteiger partial charge in [0, 0.05) is 12.6 Å². The lowest BCUT2D eigenvalue weighted by molar-refractivity contribution is 0.0696. The van der Waals surface area contributed by atoms with Crippen molar-refractivity contribution in [2.24, 2.45) is 0 Å². The summed E-state index contributed by atoms with van der Waals surface area (Å²) in [5, 5.41) is 19.7. The third-order valence-corrected chi connectivity index (χ3v) is 6.65. The van der Waals surface area contributed by atoms with Crippen molar-refractivity contribution in [3.8, 4) is 6.07 Å². The average molecular weight is 425 g/mol. The highest BCUT2D eigenvalue weighted by molar-refractivity contribution is 5.87. The zero-order valence-corrected chi connectivity index (χ0v) is 18.2. The lowest BCUT2D eigenvalue weighted by atomic mass is 9.73. The molecule has 162 valence electrons. The van der Waals surface area contributed by atoms with Crippen LogP contribution < -0.4 is 0 Å². The number of rotatable bonds is 7. The number of nitrogens with zero attached hydrogens (tertiary/aromatic N) is 2. The van der Waals surface area contributed by atoms with Gasteiger partial charge in [-0.05, 0) is 54.6 Å². The molecule has 3 aromatic rings. The number of aromatic carboxylic acids is 1. The molecular formula is C28H28N2O2. The lowest BCUT2D eigenvalue weighted by Gasteiger charge is -2.38. The predicted octanol–water partition coefficient (Wildman–Crippen LogP) is 5.81. The highest BCUT2D eigenvalue weighted by Crippen LogP contribution is 2.38. The zero-order chi connectivity index (χ0) is 22.4. The first kappa shape index (κ1) is 21.8. The molecular weight excluding hydrogens is 396 g/mol. The Morgan fingerprint density at radius 3 is 2.06 bits per heavy atom. The second kappa shape index (κ2) is 9.80. The quantitative estimate of drug-likeness (QED) is 0.520. The molecule has 4 nitrogen and oxygen atoms in total. The Labute approximate surface area is 189 Å². The number of hydrogen-bond donors (Lipinski definition) is 1. The van der Waals surface area contributed by atoms with Gasteiger partial charge in [-0.3, -0.25) is 4.90 Å². The summed E-state index contributed by atoms with van der Waals surface area (Å²) < 4.78 is 0. The van der Waals surface area contributed by atoms with Gasteiger partial charge in [0.2, 0.25) is 0 Å². The van der Waals surface area contributed by atoms with Crippen LogP contribution in [0.3, 0.4) is 0 Å². The smallest absolute Gasteiger partial charge is 0.335 e. The van der Waals surface area contributed by atoms with E-state index in [0.717, 1.165) is 49.0 Å². The molecule has 1 atom stereocenters. The number of hydrogen-bond acceptors (Lipinski definition) is 3. The molecule has 32 heavy (non-hydrogen) atoms. The van der Waals surface area contributed by atoms with E-state index in [0.29, 0.717) is 12.0 Å². The first-order valence-electron chi connectivity index (χ1n) is 11.2. The molecule has 1 heterocycles. The number of piperidine rings is 1. The Hall–Kier alpha value is -3.42. The lowest BCUT2D eigenvalue weighted by Crippen LogP contribution is -2.38. The van der Waals surface area contributed by atoms with Gasteiger partial charge in [0.25, 0.3) is 0 Å². The monoisotopic (exact) mass is 424 g/mol. The normalized spacial score (nSPS) is 16.9. The van der Waals surface area contributed by atoms with Gasteiger partial charge in [-0.25, -0.2) is 4.79 Å². The summed E-state index contributed by atoms with van der Waals surface area (Å²) >= 11 is 0. The molecule has 0 saturated carbocycles. The molecule has 1 unspecified atom stereocenters. The fourth-order valence-electron chi connectivity index (χ4n) is 4.88. The minimum absolute atomic E-state index is 0.245. The Bertz CT molecular complexity index is 1030. The molecule has 4 rings (SSSR count). The topological polar surface area (TPSA) is 64.3 Å². The Morgan fingerprint density at radius 1 is 0.938 bits per heavy atom. The van der Waals surface area contributed by atoms with Crippen molar-refractivity contribution in [2.75, 3.05) is 13.1 Å². The molecule has 0 aromatic heterocycles. The molecule has 1 aliphatic heterocycles. The van der Waals surface area contributed by atoms with E-state index in [1.807, 2.05) is 48.5 Å². The number of carboxylic acid groups (broad SMARTS) is 1. The third-order valence-electron chi connectivity index (χ3n) is 6.65. The molecule has 1 N–H and O–H groups in total. The minimum atomic E-state index is -0.901. The fraction of sp³-hybridized carbons (Fsp3) is 0.286. The van der Waals surface area contributed by atoms with E-state index in [2.05, 4.69) is 35.2 Å². The van der Waals surface area contributed by atoms with Crippen molar-refractivity contribution in [1.29, 1.82) is 5.26 Å². The highest BCUT2D eigenvalue weighted by atomic mass is 16.4. The number of benzene rings is 3. The fourth-order valence-corrected chi connectivity index (χ4v) is 4.88. The minimum Gasteiger partial charge on any atom is -0.478 e. The van der Waals surface area contributed by atoms with Gasteiger partial charge < -0.3 is 5.11 Å². The molecule has 0 spiro atoms. The van der Waals surface area contributed by atoms with E-state index in [4.69, 9.17) is 0 Å². The second-order valence-corrected chi connectivity index (χ2v) is 8.47. The Morgan fingerprint density at radius 2 is 1.53 bits per heavy atom. The molecule has 0 radical (unpaired) electrons. The van der Waals surface area contributed by atoms with Gasteiger partial charge in [-0.1, -0.05) is 79.2 Å². The van der Waals surface area contributed by atoms with E-state index in [1.165, 1.54) is 0 Å². The van der Waals surface area contributed by atoms with Gasteiger partial charge in [0.05, 0.1) is 11.6 Å². The van der Waals surface area contributed by atoms with E-state index in [9.17, 15) is 15.2 Å². The van der Waals surface area contributed by atoms with Gasteiger partial charge in [-0.2, -0.15) is 5.26 Å². The van der Waals surface area contributed by atoms with Gasteiger partial charge in [-0.15, -0.1) is 0 Å². The van der Waals surface area contributed by atoms with Crippen LogP contribution in [-0.2, 0) is 5.41 Å². The SMILES string of the molecule is N#CC(CCN1CCCCC1c1ccc(C(=O)O)cc1)(c1ccccc1)c1ccccc1. The van der Waals surface area contributed by atoms with Gasteiger partial charge in [0.15, 0.2) is 0 Å². The van der Waals surface area contributed by atoms with Crippen LogP contribution in [-0.4, -0.2) is 29.1 Å². The van der Waals surface area contributed by atoms with E-state index in [-0.39, 0.29) is 6.04 Å². The van der Waals surface area contributed by atoms with Crippen molar-refractivity contribution >= 4 is 5.97 Å². The first-order chi connectivity index (χ1) is 15.6. The highest BCUT2D eigenvalue weighted by Gasteiger charge is 2.36. The molecule has 1 fully saturated rings. The Balaban J connectivity index is 1.61. The molecule has 1 saturated heterocycles. The maximum Gasteiger partial charge on any atom is 0.335 e. The zero-order valence-electron chi connectivity index (χ0n) is 18.2. The molecule has 0 amide bonds. The van der Waals surface area contributed by atoms with Crippen LogP contribution in [0.2, 0.25) is 0 Å². The number of nitriles is 1. The van der Waals surface area contributed by atoms with Crippen molar-refractivity contribution < 1.29 is 9.90 Å². The molecule has 4 heteroatoms. The molecule has 3 aromatic carbocycles. The summed E-state index contributed by atoms with van der Waals surface area (Å²) in [4.78, 5) is 13.7. The van der Waals surface area contributed by atoms with E-state index >= 15 is 0 Å². The van der Waals surface area contributed by atoms with Crippen LogP contribution in [0.1, 0.15) is 58.8 Å². The van der Waals surface area contributed by atoms with Crippen molar-refractivity contribution in [3.63, 3.8) is 0 Å². The van der Waals surface area contributed by atoms with Gasteiger partial charge in [0.1, 0.15) is 5.41 Å². The summed E-state index contributed by atoms with van der Waals surface area (Å²) in [6.07, 6.45) is 4.03. The summed E-state index contributed by atoms with van der Waals surface area (Å²) in [5.41, 5.74) is 2.79. The predicted molar refractivity (Wildman–Crippen MR) is 125 cm³/mol. The van der Waals surface area contributed by atoms with Crippen LogP contribution in [0.25, 0.3) is 0 Å². The maximum absolute atomic E-state index is 11.2. The molecule has 0 aliphatic carbocycles. The first-order valence-corrected chi connectivity index (χ1v) is 11.2. The Kier molecular flexibility index (Phi) is 6.68. The van der Waals surface area contributed by atoms with E-state index < -0.39 is 11.4 Å². The standard InChI is InChI=1S/C28H28N2O2/c29-21-28(24-9-3-1-4-10-24,25-11-5-2-6-12-25)18-20-30-19-8-7-13-26(30)22-14-16-23(17-15-22)27(31)32/h1-6,9-12,14-17,26H,7-8,13,18-20H2,(H,31,32). The summed E-state index contributed by atoms with van der Waals surface area (Å²) in [5.74, 6) is -0.901. The van der Waals surface area contributed by atoms with Crippen LogP contribution >= 0.6 is 0 Å². The summed E-state index contributed by atoms with van der Waals surface area (Å²) in [6, 6.07) is 30.3.